The van der Waals surface area contributed by atoms with Crippen molar-refractivity contribution in [1.29, 1.82) is 0 Å². The van der Waals surface area contributed by atoms with E-state index in [2.05, 4.69) is 55.6 Å². The summed E-state index contributed by atoms with van der Waals surface area (Å²) in [7, 11) is 8.17. The molecule has 4 aromatic rings. The number of aryl methyl sites for hydroxylation is 1. The van der Waals surface area contributed by atoms with Crippen LogP contribution in [0.15, 0.2) is 54.9 Å². The molecule has 10 nitrogen and oxygen atoms in total. The maximum absolute atomic E-state index is 12.3. The van der Waals surface area contributed by atoms with Gasteiger partial charge in [-0.15, -0.1) is 0 Å². The number of ether oxygens (including phenoxy) is 2. The summed E-state index contributed by atoms with van der Waals surface area (Å²) in [6.45, 7) is 6.54. The van der Waals surface area contributed by atoms with E-state index >= 15 is 0 Å². The van der Waals surface area contributed by atoms with Crippen LogP contribution < -0.4 is 20.7 Å². The SMILES string of the molecule is COc1cc(N(C)CCN(C)C(=O)OC(C)(C)C)c(N)cc1Nc1nccc(-c2cn(C)c3ccccc23)n1.S=S=S. The van der Waals surface area contributed by atoms with Crippen LogP contribution in [-0.2, 0) is 43.0 Å². The second kappa shape index (κ2) is 14.4. The van der Waals surface area contributed by atoms with E-state index in [0.717, 1.165) is 36.7 Å². The first-order chi connectivity index (χ1) is 19.9. The number of para-hydroxylation sites is 1. The average Bonchev–Trinajstić information content (AvgIpc) is 3.28. The molecule has 0 aliphatic rings. The van der Waals surface area contributed by atoms with Gasteiger partial charge in [0, 0.05) is 100 Å². The lowest BCUT2D eigenvalue weighted by atomic mass is 10.1. The van der Waals surface area contributed by atoms with Crippen LogP contribution in [0, 0.1) is 0 Å². The molecule has 2 aromatic heterocycles. The topological polar surface area (TPSA) is 111 Å². The number of likely N-dealkylation sites (N-methyl/N-ethyl adjacent to an activating group) is 2. The van der Waals surface area contributed by atoms with Crippen LogP contribution in [0.4, 0.5) is 27.8 Å². The highest BCUT2D eigenvalue weighted by molar-refractivity contribution is 8.37. The Morgan fingerprint density at radius 2 is 1.83 bits per heavy atom. The van der Waals surface area contributed by atoms with Crippen molar-refractivity contribution >= 4 is 71.3 Å². The molecule has 0 saturated carbocycles. The standard InChI is InChI=1S/C29H37N7O3.S3/c1-29(2,3)39-28(37)35(5)15-14-34(4)25-17-26(38-7)23(16-21(25)30)33-27-31-13-12-22(32-27)20-18-36(6)24-11-9-8-10-19(20)24;1-3-2/h8-13,16-18H,14-15,30H2,1-7H3,(H,31,32,33);. The Morgan fingerprint density at radius 1 is 1.14 bits per heavy atom. The fourth-order valence-electron chi connectivity index (χ4n) is 4.27. The number of rotatable bonds is 8. The number of carbonyl (C=O) groups is 1. The molecule has 0 radical (unpaired) electrons. The molecular weight excluding hydrogens is 591 g/mol. The van der Waals surface area contributed by atoms with E-state index < -0.39 is 5.60 Å². The first kappa shape index (κ1) is 32.7. The van der Waals surface area contributed by atoms with Gasteiger partial charge in [0.05, 0.1) is 29.9 Å². The van der Waals surface area contributed by atoms with Crippen molar-refractivity contribution in [3.05, 3.63) is 54.9 Å². The lowest BCUT2D eigenvalue weighted by Crippen LogP contribution is -2.38. The van der Waals surface area contributed by atoms with Crippen molar-refractivity contribution in [2.24, 2.45) is 7.05 Å². The number of carbonyl (C=O) groups excluding carboxylic acids is 1. The molecule has 0 bridgehead atoms. The van der Waals surface area contributed by atoms with Crippen LogP contribution in [0.1, 0.15) is 20.8 Å². The molecule has 0 unspecified atom stereocenters. The van der Waals surface area contributed by atoms with Gasteiger partial charge >= 0.3 is 6.09 Å². The van der Waals surface area contributed by atoms with E-state index in [1.807, 2.05) is 64.0 Å². The highest BCUT2D eigenvalue weighted by Crippen LogP contribution is 2.36. The number of hydrogen-bond acceptors (Lipinski definition) is 10. The minimum atomic E-state index is -0.546. The Bertz CT molecular complexity index is 1580. The van der Waals surface area contributed by atoms with E-state index in [0.29, 0.717) is 36.2 Å². The summed E-state index contributed by atoms with van der Waals surface area (Å²) in [5, 5.41) is 4.38. The number of amides is 1. The number of anilines is 4. The Balaban J connectivity index is 0.00000155. The van der Waals surface area contributed by atoms with E-state index in [9.17, 15) is 4.79 Å². The minimum absolute atomic E-state index is 0.369. The van der Waals surface area contributed by atoms with Gasteiger partial charge in [0.15, 0.2) is 0 Å². The van der Waals surface area contributed by atoms with Crippen LogP contribution in [0.3, 0.4) is 0 Å². The number of fused-ring (bicyclic) bond motifs is 1. The van der Waals surface area contributed by atoms with Gasteiger partial charge in [0.1, 0.15) is 11.4 Å². The van der Waals surface area contributed by atoms with Crippen LogP contribution >= 0.6 is 0 Å². The summed E-state index contributed by atoms with van der Waals surface area (Å²) >= 11 is 8.25. The van der Waals surface area contributed by atoms with E-state index in [1.165, 1.54) is 0 Å². The molecule has 0 saturated heterocycles. The number of benzene rings is 2. The number of aromatic nitrogens is 3. The predicted octanol–water partition coefficient (Wildman–Crippen LogP) is 5.27. The summed E-state index contributed by atoms with van der Waals surface area (Å²) in [4.78, 5) is 25.0. The van der Waals surface area contributed by atoms with Crippen molar-refractivity contribution in [3.63, 3.8) is 0 Å². The van der Waals surface area contributed by atoms with Crippen LogP contribution in [-0.4, -0.2) is 65.4 Å². The van der Waals surface area contributed by atoms with Crippen molar-refractivity contribution in [2.45, 2.75) is 26.4 Å². The number of methoxy groups -OCH3 is 1. The molecule has 1 amide bonds. The van der Waals surface area contributed by atoms with Gasteiger partial charge in [-0.05, 0) is 39.0 Å². The molecule has 0 fully saturated rings. The van der Waals surface area contributed by atoms with Crippen molar-refractivity contribution in [2.75, 3.05) is 50.2 Å². The van der Waals surface area contributed by atoms with Gasteiger partial charge in [-0.25, -0.2) is 14.8 Å². The van der Waals surface area contributed by atoms with Gasteiger partial charge in [-0.2, -0.15) is 0 Å². The van der Waals surface area contributed by atoms with Gasteiger partial charge < -0.3 is 34.9 Å². The Labute approximate surface area is 259 Å². The third-order valence-corrected chi connectivity index (χ3v) is 6.31. The van der Waals surface area contributed by atoms with E-state index in [1.54, 1.807) is 31.3 Å². The summed E-state index contributed by atoms with van der Waals surface area (Å²) < 4.78 is 13.2. The first-order valence-corrected chi connectivity index (χ1v) is 15.7. The zero-order valence-corrected chi connectivity index (χ0v) is 27.3. The quantitative estimate of drug-likeness (QED) is 0.251. The zero-order chi connectivity index (χ0) is 31.0. The lowest BCUT2D eigenvalue weighted by Gasteiger charge is -2.28. The summed E-state index contributed by atoms with van der Waals surface area (Å²) in [6, 6.07) is 13.8. The molecule has 0 aliphatic carbocycles. The number of nitrogens with one attached hydrogen (secondary N) is 1. The molecule has 2 aromatic carbocycles. The molecule has 2 heterocycles. The van der Waals surface area contributed by atoms with E-state index in [4.69, 9.17) is 20.2 Å². The minimum Gasteiger partial charge on any atom is -0.494 e. The summed E-state index contributed by atoms with van der Waals surface area (Å²) in [6.07, 6.45) is 3.43. The molecule has 42 heavy (non-hydrogen) atoms. The number of nitrogens with two attached hydrogens (primary N) is 1. The molecule has 224 valence electrons. The Morgan fingerprint density at radius 3 is 2.50 bits per heavy atom. The second-order valence-corrected chi connectivity index (χ2v) is 12.3. The summed E-state index contributed by atoms with van der Waals surface area (Å²) in [5.41, 5.74) is 10.8. The Kier molecular flexibility index (Phi) is 11.2. The van der Waals surface area contributed by atoms with Crippen LogP contribution in [0.2, 0.25) is 0 Å². The predicted molar refractivity (Wildman–Crippen MR) is 179 cm³/mol. The molecule has 4 rings (SSSR count). The van der Waals surface area contributed by atoms with Gasteiger partial charge in [0.25, 0.3) is 0 Å². The second-order valence-electron chi connectivity index (χ2n) is 10.6. The molecule has 0 aliphatic heterocycles. The molecule has 3 N–H and O–H groups in total. The van der Waals surface area contributed by atoms with Crippen molar-refractivity contribution < 1.29 is 14.3 Å². The lowest BCUT2D eigenvalue weighted by molar-refractivity contribution is 0.0303. The number of nitrogens with zero attached hydrogens (tertiary/aromatic N) is 5. The van der Waals surface area contributed by atoms with Gasteiger partial charge in [-0.3, -0.25) is 0 Å². The van der Waals surface area contributed by atoms with E-state index in [-0.39, 0.29) is 6.09 Å². The molecule has 0 atom stereocenters. The van der Waals surface area contributed by atoms with Crippen molar-refractivity contribution in [3.8, 4) is 17.0 Å². The number of hydrogen-bond donors (Lipinski definition) is 2. The fourth-order valence-corrected chi connectivity index (χ4v) is 4.27. The van der Waals surface area contributed by atoms with Crippen LogP contribution in [0.5, 0.6) is 5.75 Å². The first-order valence-electron chi connectivity index (χ1n) is 13.1. The normalized spacial score (nSPS) is 10.8. The molecular formula is C29H37N7O3S3. The average molecular weight is 628 g/mol. The largest absolute Gasteiger partial charge is 0.494 e. The maximum Gasteiger partial charge on any atom is 0.410 e. The third-order valence-electron chi connectivity index (χ3n) is 6.31. The monoisotopic (exact) mass is 627 g/mol. The highest BCUT2D eigenvalue weighted by atomic mass is 33.1. The van der Waals surface area contributed by atoms with Gasteiger partial charge in [-0.1, -0.05) is 18.2 Å². The fraction of sp³-hybridized carbons (Fsp3) is 0.345. The zero-order valence-electron chi connectivity index (χ0n) is 24.9. The third kappa shape index (κ3) is 8.37. The molecule has 0 spiro atoms. The van der Waals surface area contributed by atoms with Crippen LogP contribution in [0.25, 0.3) is 22.2 Å². The maximum atomic E-state index is 12.3. The van der Waals surface area contributed by atoms with Crippen molar-refractivity contribution in [1.82, 2.24) is 19.4 Å². The number of nitrogen functional groups attached to an aromatic ring is 1. The highest BCUT2D eigenvalue weighted by Gasteiger charge is 2.20. The summed E-state index contributed by atoms with van der Waals surface area (Å²) in [5.74, 6) is 1.02. The Hall–Kier alpha value is -3.81. The molecule has 13 heteroatoms. The van der Waals surface area contributed by atoms with Gasteiger partial charge in [0.2, 0.25) is 5.95 Å². The smallest absolute Gasteiger partial charge is 0.410 e.